The standard InChI is InChI=1S/C19H23N3O3S.ClH/c1-14-6-8-16(9-7-14)26(24,25)22-12-10-15(11-13-22)21-19(23)17-4-2-3-5-18(17)20;/h2-9,15H,10-13,20H2,1H3,(H,21,23);1H. The second-order valence-electron chi connectivity index (χ2n) is 6.55. The Morgan fingerprint density at radius 2 is 1.67 bits per heavy atom. The Labute approximate surface area is 166 Å². The zero-order valence-corrected chi connectivity index (χ0v) is 16.7. The van der Waals surface area contributed by atoms with E-state index >= 15 is 0 Å². The number of halogens is 1. The van der Waals surface area contributed by atoms with Gasteiger partial charge in [0, 0.05) is 24.8 Å². The van der Waals surface area contributed by atoms with Gasteiger partial charge in [-0.15, -0.1) is 12.4 Å². The van der Waals surface area contributed by atoms with E-state index in [1.165, 1.54) is 4.31 Å². The van der Waals surface area contributed by atoms with Gasteiger partial charge in [0.2, 0.25) is 10.0 Å². The Bertz CT molecular complexity index is 893. The van der Waals surface area contributed by atoms with E-state index in [4.69, 9.17) is 5.73 Å². The monoisotopic (exact) mass is 409 g/mol. The van der Waals surface area contributed by atoms with E-state index in [0.717, 1.165) is 5.56 Å². The summed E-state index contributed by atoms with van der Waals surface area (Å²) >= 11 is 0. The SMILES string of the molecule is Cc1ccc(S(=O)(=O)N2CCC(NC(=O)c3ccccc3N)CC2)cc1.Cl. The molecule has 0 spiro atoms. The number of para-hydroxylation sites is 1. The first-order chi connectivity index (χ1) is 12.4. The van der Waals surface area contributed by atoms with Crippen molar-refractivity contribution in [1.29, 1.82) is 0 Å². The van der Waals surface area contributed by atoms with Gasteiger partial charge in [0.15, 0.2) is 0 Å². The minimum absolute atomic E-state index is 0. The van der Waals surface area contributed by atoms with Gasteiger partial charge in [0.25, 0.3) is 5.91 Å². The number of nitrogens with zero attached hydrogens (tertiary/aromatic N) is 1. The highest BCUT2D eigenvalue weighted by Crippen LogP contribution is 2.21. The molecule has 1 aliphatic rings. The molecule has 1 fully saturated rings. The van der Waals surface area contributed by atoms with Gasteiger partial charge in [-0.2, -0.15) is 4.31 Å². The summed E-state index contributed by atoms with van der Waals surface area (Å²) in [7, 11) is -3.49. The molecule has 0 atom stereocenters. The number of piperidine rings is 1. The number of hydrogen-bond acceptors (Lipinski definition) is 4. The van der Waals surface area contributed by atoms with Crippen LogP contribution in [0.1, 0.15) is 28.8 Å². The molecule has 1 saturated heterocycles. The lowest BCUT2D eigenvalue weighted by molar-refractivity contribution is 0.0924. The third-order valence-electron chi connectivity index (χ3n) is 4.65. The molecule has 1 heterocycles. The molecular weight excluding hydrogens is 386 g/mol. The number of rotatable bonds is 4. The van der Waals surface area contributed by atoms with Crippen molar-refractivity contribution >= 4 is 34.0 Å². The topological polar surface area (TPSA) is 92.5 Å². The summed E-state index contributed by atoms with van der Waals surface area (Å²) < 4.78 is 26.9. The van der Waals surface area contributed by atoms with Crippen molar-refractivity contribution in [2.75, 3.05) is 18.8 Å². The molecule has 8 heteroatoms. The first-order valence-corrected chi connectivity index (χ1v) is 10.0. The lowest BCUT2D eigenvalue weighted by atomic mass is 10.1. The summed E-state index contributed by atoms with van der Waals surface area (Å²) in [6.45, 7) is 2.68. The van der Waals surface area contributed by atoms with Gasteiger partial charge >= 0.3 is 0 Å². The molecule has 146 valence electrons. The van der Waals surface area contributed by atoms with E-state index in [0.29, 0.717) is 42.1 Å². The molecule has 27 heavy (non-hydrogen) atoms. The third-order valence-corrected chi connectivity index (χ3v) is 6.57. The smallest absolute Gasteiger partial charge is 0.253 e. The number of nitrogens with one attached hydrogen (secondary N) is 1. The van der Waals surface area contributed by atoms with E-state index < -0.39 is 10.0 Å². The predicted molar refractivity (Wildman–Crippen MR) is 109 cm³/mol. The Kier molecular flexibility index (Phi) is 6.86. The number of sulfonamides is 1. The lowest BCUT2D eigenvalue weighted by Gasteiger charge is -2.31. The number of aryl methyl sites for hydroxylation is 1. The van der Waals surface area contributed by atoms with Crippen molar-refractivity contribution < 1.29 is 13.2 Å². The van der Waals surface area contributed by atoms with Crippen molar-refractivity contribution in [3.8, 4) is 0 Å². The van der Waals surface area contributed by atoms with Crippen LogP contribution in [0, 0.1) is 6.92 Å². The van der Waals surface area contributed by atoms with Crippen LogP contribution in [-0.4, -0.2) is 37.8 Å². The summed E-state index contributed by atoms with van der Waals surface area (Å²) in [5.74, 6) is -0.219. The first-order valence-electron chi connectivity index (χ1n) is 8.60. The number of carbonyl (C=O) groups excluding carboxylic acids is 1. The summed E-state index contributed by atoms with van der Waals surface area (Å²) in [6, 6.07) is 13.7. The number of benzene rings is 2. The molecular formula is C19H24ClN3O3S. The van der Waals surface area contributed by atoms with Crippen LogP contribution in [0.15, 0.2) is 53.4 Å². The molecule has 3 N–H and O–H groups in total. The van der Waals surface area contributed by atoms with E-state index in [2.05, 4.69) is 5.32 Å². The van der Waals surface area contributed by atoms with Gasteiger partial charge in [0.05, 0.1) is 10.5 Å². The van der Waals surface area contributed by atoms with Gasteiger partial charge in [-0.3, -0.25) is 4.79 Å². The van der Waals surface area contributed by atoms with Gasteiger partial charge in [-0.1, -0.05) is 29.8 Å². The fourth-order valence-corrected chi connectivity index (χ4v) is 4.54. The lowest BCUT2D eigenvalue weighted by Crippen LogP contribution is -2.46. The van der Waals surface area contributed by atoms with E-state index in [1.54, 1.807) is 48.5 Å². The highest BCUT2D eigenvalue weighted by atomic mass is 35.5. The molecule has 0 bridgehead atoms. The van der Waals surface area contributed by atoms with Crippen LogP contribution in [0.3, 0.4) is 0 Å². The second kappa shape index (κ2) is 8.73. The second-order valence-corrected chi connectivity index (χ2v) is 8.49. The van der Waals surface area contributed by atoms with Crippen LogP contribution < -0.4 is 11.1 Å². The molecule has 2 aromatic carbocycles. The first kappa shape index (κ1) is 21.2. The summed E-state index contributed by atoms with van der Waals surface area (Å²) in [6.07, 6.45) is 1.15. The average molecular weight is 410 g/mol. The number of carbonyl (C=O) groups is 1. The fourth-order valence-electron chi connectivity index (χ4n) is 3.07. The van der Waals surface area contributed by atoms with Crippen molar-refractivity contribution in [2.24, 2.45) is 0 Å². The van der Waals surface area contributed by atoms with Crippen LogP contribution in [0.25, 0.3) is 0 Å². The van der Waals surface area contributed by atoms with Gasteiger partial charge in [0.1, 0.15) is 0 Å². The van der Waals surface area contributed by atoms with Gasteiger partial charge < -0.3 is 11.1 Å². The van der Waals surface area contributed by atoms with Gasteiger partial charge in [-0.25, -0.2) is 8.42 Å². The maximum absolute atomic E-state index is 12.7. The van der Waals surface area contributed by atoms with Crippen molar-refractivity contribution in [3.05, 3.63) is 59.7 Å². The van der Waals surface area contributed by atoms with E-state index in [9.17, 15) is 13.2 Å². The van der Waals surface area contributed by atoms with E-state index in [-0.39, 0.29) is 24.4 Å². The molecule has 6 nitrogen and oxygen atoms in total. The molecule has 0 aliphatic carbocycles. The Morgan fingerprint density at radius 1 is 1.07 bits per heavy atom. The van der Waals surface area contributed by atoms with E-state index in [1.807, 2.05) is 6.92 Å². The number of nitrogens with two attached hydrogens (primary N) is 1. The molecule has 0 aromatic heterocycles. The third kappa shape index (κ3) is 4.80. The Morgan fingerprint density at radius 3 is 2.26 bits per heavy atom. The molecule has 1 aliphatic heterocycles. The average Bonchev–Trinajstić information content (AvgIpc) is 2.63. The van der Waals surface area contributed by atoms with Crippen molar-refractivity contribution in [1.82, 2.24) is 9.62 Å². The van der Waals surface area contributed by atoms with Crippen LogP contribution in [0.5, 0.6) is 0 Å². The molecule has 2 aromatic rings. The molecule has 1 amide bonds. The highest BCUT2D eigenvalue weighted by Gasteiger charge is 2.30. The van der Waals surface area contributed by atoms with Gasteiger partial charge in [-0.05, 0) is 44.0 Å². The number of amides is 1. The predicted octanol–water partition coefficient (Wildman–Crippen LogP) is 2.58. The van der Waals surface area contributed by atoms with Crippen LogP contribution in [-0.2, 0) is 10.0 Å². The zero-order chi connectivity index (χ0) is 18.7. The molecule has 0 saturated carbocycles. The molecule has 0 radical (unpaired) electrons. The maximum atomic E-state index is 12.7. The summed E-state index contributed by atoms with van der Waals surface area (Å²) in [5, 5.41) is 2.95. The number of anilines is 1. The Hall–Kier alpha value is -2.09. The fraction of sp³-hybridized carbons (Fsp3) is 0.316. The molecule has 3 rings (SSSR count). The van der Waals surface area contributed by atoms with Crippen LogP contribution in [0.2, 0.25) is 0 Å². The van der Waals surface area contributed by atoms with Crippen molar-refractivity contribution in [2.45, 2.75) is 30.7 Å². The Balaban J connectivity index is 0.00000261. The largest absolute Gasteiger partial charge is 0.398 e. The summed E-state index contributed by atoms with van der Waals surface area (Å²) in [5.41, 5.74) is 7.73. The zero-order valence-electron chi connectivity index (χ0n) is 15.1. The molecule has 0 unspecified atom stereocenters. The number of nitrogen functional groups attached to an aromatic ring is 1. The quantitative estimate of drug-likeness (QED) is 0.759. The minimum Gasteiger partial charge on any atom is -0.398 e. The summed E-state index contributed by atoms with van der Waals surface area (Å²) in [4.78, 5) is 12.7. The van der Waals surface area contributed by atoms with Crippen molar-refractivity contribution in [3.63, 3.8) is 0 Å². The number of hydrogen-bond donors (Lipinski definition) is 2. The minimum atomic E-state index is -3.49. The van der Waals surface area contributed by atoms with Crippen LogP contribution in [0.4, 0.5) is 5.69 Å². The normalized spacial score (nSPS) is 15.7. The highest BCUT2D eigenvalue weighted by molar-refractivity contribution is 7.89. The maximum Gasteiger partial charge on any atom is 0.253 e. The van der Waals surface area contributed by atoms with Crippen LogP contribution >= 0.6 is 12.4 Å².